The molecule has 0 bridgehead atoms. The number of anilines is 1. The lowest BCUT2D eigenvalue weighted by Gasteiger charge is -2.14. The minimum atomic E-state index is -0.132. The predicted octanol–water partition coefficient (Wildman–Crippen LogP) is 1.37. The largest absolute Gasteiger partial charge is 0.495 e. The van der Waals surface area contributed by atoms with Gasteiger partial charge in [0.25, 0.3) is 5.91 Å². The van der Waals surface area contributed by atoms with Crippen LogP contribution in [0.1, 0.15) is 16.8 Å². The van der Waals surface area contributed by atoms with E-state index >= 15 is 0 Å². The smallest absolute Gasteiger partial charge is 0.253 e. The van der Waals surface area contributed by atoms with Gasteiger partial charge in [-0.05, 0) is 25.2 Å². The maximum atomic E-state index is 11.9. The van der Waals surface area contributed by atoms with Gasteiger partial charge in [0.1, 0.15) is 5.75 Å². The Morgan fingerprint density at radius 2 is 1.95 bits per heavy atom. The second kappa shape index (κ2) is 9.20. The molecular formula is C14H22ClN3O3. The van der Waals surface area contributed by atoms with Crippen LogP contribution in [0.25, 0.3) is 0 Å². The fourth-order valence-corrected chi connectivity index (χ4v) is 1.65. The van der Waals surface area contributed by atoms with Gasteiger partial charge in [0.05, 0.1) is 12.8 Å². The number of nitrogens with zero attached hydrogens (tertiary/aromatic N) is 1. The predicted molar refractivity (Wildman–Crippen MR) is 85.4 cm³/mol. The number of nitrogens with one attached hydrogen (secondary N) is 2. The molecule has 0 spiro atoms. The molecule has 0 atom stereocenters. The van der Waals surface area contributed by atoms with Gasteiger partial charge in [0.15, 0.2) is 0 Å². The van der Waals surface area contributed by atoms with E-state index in [2.05, 4.69) is 10.6 Å². The van der Waals surface area contributed by atoms with Crippen molar-refractivity contribution in [3.05, 3.63) is 23.8 Å². The SMILES string of the molecule is CNCCC(=O)Nc1cc(C(=O)N(C)C)ccc1OC.Cl. The summed E-state index contributed by atoms with van der Waals surface area (Å²) in [7, 11) is 6.66. The lowest BCUT2D eigenvalue weighted by atomic mass is 10.1. The average Bonchev–Trinajstić information content (AvgIpc) is 2.44. The summed E-state index contributed by atoms with van der Waals surface area (Å²) in [6, 6.07) is 4.97. The van der Waals surface area contributed by atoms with E-state index in [1.165, 1.54) is 12.0 Å². The molecular weight excluding hydrogens is 294 g/mol. The van der Waals surface area contributed by atoms with Crippen LogP contribution in [0.4, 0.5) is 5.69 Å². The van der Waals surface area contributed by atoms with Crippen LogP contribution < -0.4 is 15.4 Å². The summed E-state index contributed by atoms with van der Waals surface area (Å²) in [6.07, 6.45) is 0.353. The van der Waals surface area contributed by atoms with Gasteiger partial charge in [0, 0.05) is 32.6 Å². The Hall–Kier alpha value is -1.79. The molecule has 0 saturated heterocycles. The molecule has 2 amide bonds. The summed E-state index contributed by atoms with van der Waals surface area (Å²) in [5.74, 6) is 0.267. The second-order valence-electron chi connectivity index (χ2n) is 4.52. The summed E-state index contributed by atoms with van der Waals surface area (Å²) in [5.41, 5.74) is 1.00. The third-order valence-corrected chi connectivity index (χ3v) is 2.73. The maximum Gasteiger partial charge on any atom is 0.253 e. The lowest BCUT2D eigenvalue weighted by molar-refractivity contribution is -0.116. The Balaban J connectivity index is 0.00000400. The average molecular weight is 316 g/mol. The first-order chi connectivity index (χ1) is 9.49. The summed E-state index contributed by atoms with van der Waals surface area (Å²) in [6.45, 7) is 0.588. The second-order valence-corrected chi connectivity index (χ2v) is 4.52. The Labute approximate surface area is 131 Å². The number of rotatable bonds is 6. The molecule has 0 aliphatic rings. The Kier molecular flexibility index (Phi) is 8.42. The van der Waals surface area contributed by atoms with E-state index in [1.54, 1.807) is 39.3 Å². The van der Waals surface area contributed by atoms with Crippen molar-refractivity contribution < 1.29 is 14.3 Å². The van der Waals surface area contributed by atoms with E-state index < -0.39 is 0 Å². The van der Waals surface area contributed by atoms with E-state index in [-0.39, 0.29) is 24.2 Å². The fraction of sp³-hybridized carbons (Fsp3) is 0.429. The van der Waals surface area contributed by atoms with Crippen molar-refractivity contribution in [1.29, 1.82) is 0 Å². The highest BCUT2D eigenvalue weighted by Gasteiger charge is 2.13. The zero-order valence-corrected chi connectivity index (χ0v) is 13.5. The van der Waals surface area contributed by atoms with Crippen molar-refractivity contribution >= 4 is 29.9 Å². The quantitative estimate of drug-likeness (QED) is 0.832. The topological polar surface area (TPSA) is 70.7 Å². The van der Waals surface area contributed by atoms with Crippen molar-refractivity contribution in [2.75, 3.05) is 40.1 Å². The van der Waals surface area contributed by atoms with E-state index in [0.717, 1.165) is 0 Å². The van der Waals surface area contributed by atoms with E-state index in [1.807, 2.05) is 0 Å². The van der Waals surface area contributed by atoms with Crippen LogP contribution in [0.15, 0.2) is 18.2 Å². The number of halogens is 1. The number of methoxy groups -OCH3 is 1. The molecule has 0 unspecified atom stereocenters. The number of ether oxygens (including phenoxy) is 1. The first kappa shape index (κ1) is 19.2. The fourth-order valence-electron chi connectivity index (χ4n) is 1.65. The first-order valence-electron chi connectivity index (χ1n) is 6.33. The third-order valence-electron chi connectivity index (χ3n) is 2.73. The maximum absolute atomic E-state index is 11.9. The van der Waals surface area contributed by atoms with Crippen LogP contribution in [0, 0.1) is 0 Å². The molecule has 0 aliphatic carbocycles. The van der Waals surface area contributed by atoms with Gasteiger partial charge < -0.3 is 20.3 Å². The highest BCUT2D eigenvalue weighted by Crippen LogP contribution is 2.26. The van der Waals surface area contributed by atoms with Crippen molar-refractivity contribution in [2.24, 2.45) is 0 Å². The molecule has 2 N–H and O–H groups in total. The first-order valence-corrected chi connectivity index (χ1v) is 6.33. The number of carbonyl (C=O) groups excluding carboxylic acids is 2. The van der Waals surface area contributed by atoms with E-state index in [4.69, 9.17) is 4.74 Å². The molecule has 0 aliphatic heterocycles. The number of benzene rings is 1. The van der Waals surface area contributed by atoms with Crippen LogP contribution in [-0.4, -0.2) is 51.5 Å². The van der Waals surface area contributed by atoms with Crippen LogP contribution in [0.5, 0.6) is 5.75 Å². The van der Waals surface area contributed by atoms with Gasteiger partial charge in [-0.15, -0.1) is 12.4 Å². The molecule has 0 aromatic heterocycles. The van der Waals surface area contributed by atoms with Crippen LogP contribution in [0.3, 0.4) is 0 Å². The molecule has 21 heavy (non-hydrogen) atoms. The standard InChI is InChI=1S/C14H21N3O3.ClH/c1-15-8-7-13(18)16-11-9-10(14(19)17(2)3)5-6-12(11)20-4;/h5-6,9,15H,7-8H2,1-4H3,(H,16,18);1H. The zero-order chi connectivity index (χ0) is 15.1. The van der Waals surface area contributed by atoms with Crippen LogP contribution >= 0.6 is 12.4 Å². The van der Waals surface area contributed by atoms with Gasteiger partial charge in [-0.2, -0.15) is 0 Å². The normalized spacial score (nSPS) is 9.52. The van der Waals surface area contributed by atoms with Gasteiger partial charge in [-0.3, -0.25) is 9.59 Å². The highest BCUT2D eigenvalue weighted by molar-refractivity contribution is 5.98. The van der Waals surface area contributed by atoms with Gasteiger partial charge >= 0.3 is 0 Å². The van der Waals surface area contributed by atoms with Gasteiger partial charge in [-0.1, -0.05) is 0 Å². The van der Waals surface area contributed by atoms with Gasteiger partial charge in [-0.25, -0.2) is 0 Å². The molecule has 1 aromatic rings. The summed E-state index contributed by atoms with van der Waals surface area (Å²) in [5, 5.41) is 5.66. The van der Waals surface area contributed by atoms with Crippen molar-refractivity contribution in [2.45, 2.75) is 6.42 Å². The Bertz CT molecular complexity index is 492. The van der Waals surface area contributed by atoms with Crippen molar-refractivity contribution in [3.63, 3.8) is 0 Å². The molecule has 1 aromatic carbocycles. The molecule has 0 heterocycles. The van der Waals surface area contributed by atoms with Crippen LogP contribution in [0.2, 0.25) is 0 Å². The number of amides is 2. The Morgan fingerprint density at radius 1 is 1.29 bits per heavy atom. The van der Waals surface area contributed by atoms with Crippen molar-refractivity contribution in [3.8, 4) is 5.75 Å². The number of hydrogen-bond donors (Lipinski definition) is 2. The van der Waals surface area contributed by atoms with Crippen LogP contribution in [-0.2, 0) is 4.79 Å². The minimum Gasteiger partial charge on any atom is -0.495 e. The molecule has 118 valence electrons. The highest BCUT2D eigenvalue weighted by atomic mass is 35.5. The Morgan fingerprint density at radius 3 is 2.48 bits per heavy atom. The number of carbonyl (C=O) groups is 2. The summed E-state index contributed by atoms with van der Waals surface area (Å²) >= 11 is 0. The zero-order valence-electron chi connectivity index (χ0n) is 12.7. The summed E-state index contributed by atoms with van der Waals surface area (Å²) in [4.78, 5) is 25.1. The lowest BCUT2D eigenvalue weighted by Crippen LogP contribution is -2.22. The molecule has 7 heteroatoms. The van der Waals surface area contributed by atoms with Gasteiger partial charge in [0.2, 0.25) is 5.91 Å². The van der Waals surface area contributed by atoms with Crippen molar-refractivity contribution in [1.82, 2.24) is 10.2 Å². The summed E-state index contributed by atoms with van der Waals surface area (Å²) < 4.78 is 5.19. The third kappa shape index (κ3) is 5.61. The molecule has 0 saturated carbocycles. The molecule has 1 rings (SSSR count). The minimum absolute atomic E-state index is 0. The monoisotopic (exact) mass is 315 g/mol. The van der Waals surface area contributed by atoms with E-state index in [9.17, 15) is 9.59 Å². The van der Waals surface area contributed by atoms with E-state index in [0.29, 0.717) is 30.0 Å². The molecule has 0 radical (unpaired) electrons. The molecule has 0 fully saturated rings. The number of hydrogen-bond acceptors (Lipinski definition) is 4. The molecule has 6 nitrogen and oxygen atoms in total.